The predicted octanol–water partition coefficient (Wildman–Crippen LogP) is -0.573. The van der Waals surface area contributed by atoms with Gasteiger partial charge in [0, 0.05) is 6.54 Å². The zero-order valence-corrected chi connectivity index (χ0v) is 5.12. The second kappa shape index (κ2) is 3.19. The number of hydrogen-bond acceptors (Lipinski definition) is 3. The Morgan fingerprint density at radius 1 is 1.67 bits per heavy atom. The second-order valence-corrected chi connectivity index (χ2v) is 1.75. The zero-order chi connectivity index (χ0) is 6.53. The Kier molecular flexibility index (Phi) is 2.21. The molecule has 2 N–H and O–H groups in total. The summed E-state index contributed by atoms with van der Waals surface area (Å²) in [6, 6.07) is 0. The summed E-state index contributed by atoms with van der Waals surface area (Å²) < 4.78 is 1.72. The van der Waals surface area contributed by atoms with Crippen LogP contribution in [0.2, 0.25) is 0 Å². The lowest BCUT2D eigenvalue weighted by molar-refractivity contribution is 0.564. The predicted molar refractivity (Wildman–Crippen MR) is 32.5 cm³/mol. The number of hydrogen-bond donors (Lipinski definition) is 1. The van der Waals surface area contributed by atoms with Gasteiger partial charge in [-0.3, -0.25) is 4.68 Å². The van der Waals surface area contributed by atoms with Crippen molar-refractivity contribution >= 4 is 0 Å². The van der Waals surface area contributed by atoms with E-state index in [4.69, 9.17) is 5.73 Å². The van der Waals surface area contributed by atoms with E-state index < -0.39 is 0 Å². The van der Waals surface area contributed by atoms with Crippen LogP contribution in [-0.2, 0) is 6.54 Å². The van der Waals surface area contributed by atoms with E-state index in [0.717, 1.165) is 13.0 Å². The Labute approximate surface area is 53.7 Å². The van der Waals surface area contributed by atoms with Crippen molar-refractivity contribution in [3.05, 3.63) is 12.4 Å². The van der Waals surface area contributed by atoms with Crippen LogP contribution in [0, 0.1) is 6.20 Å². The Bertz CT molecular complexity index is 146. The standard InChI is InChI=1S/C5H9N4/c6-2-1-4-9-5-3-7-8-9/h5H,1-2,4,6H2. The number of aryl methyl sites for hydroxylation is 1. The zero-order valence-electron chi connectivity index (χ0n) is 5.12. The van der Waals surface area contributed by atoms with Crippen LogP contribution in [0.3, 0.4) is 0 Å². The monoisotopic (exact) mass is 125 g/mol. The molecule has 1 rings (SSSR count). The van der Waals surface area contributed by atoms with E-state index in [-0.39, 0.29) is 0 Å². The summed E-state index contributed by atoms with van der Waals surface area (Å²) in [5, 5.41) is 7.23. The summed E-state index contributed by atoms with van der Waals surface area (Å²) in [7, 11) is 0. The quantitative estimate of drug-likeness (QED) is 0.588. The first-order chi connectivity index (χ1) is 4.43. The van der Waals surface area contributed by atoms with Crippen LogP contribution in [0.15, 0.2) is 6.20 Å². The molecule has 1 heterocycles. The third kappa shape index (κ3) is 1.81. The highest BCUT2D eigenvalue weighted by Crippen LogP contribution is 1.82. The lowest BCUT2D eigenvalue weighted by atomic mass is 10.4. The van der Waals surface area contributed by atoms with Crippen molar-refractivity contribution in [1.29, 1.82) is 0 Å². The van der Waals surface area contributed by atoms with Gasteiger partial charge in [0.25, 0.3) is 0 Å². The molecule has 0 aliphatic carbocycles. The summed E-state index contributed by atoms with van der Waals surface area (Å²) >= 11 is 0. The average Bonchev–Trinajstić information content (AvgIpc) is 2.34. The van der Waals surface area contributed by atoms with Gasteiger partial charge < -0.3 is 5.73 Å². The molecule has 9 heavy (non-hydrogen) atoms. The molecule has 0 fully saturated rings. The fraction of sp³-hybridized carbons (Fsp3) is 0.600. The van der Waals surface area contributed by atoms with Gasteiger partial charge in [-0.15, -0.1) is 5.10 Å². The molecule has 0 saturated carbocycles. The molecule has 1 aromatic heterocycles. The number of nitrogens with zero attached hydrogens (tertiary/aromatic N) is 3. The van der Waals surface area contributed by atoms with Gasteiger partial charge in [0.1, 0.15) is 6.20 Å². The third-order valence-electron chi connectivity index (χ3n) is 1.02. The van der Waals surface area contributed by atoms with E-state index in [9.17, 15) is 0 Å². The van der Waals surface area contributed by atoms with Gasteiger partial charge in [-0.25, -0.2) is 0 Å². The van der Waals surface area contributed by atoms with Crippen LogP contribution in [0.1, 0.15) is 6.42 Å². The molecule has 1 aromatic rings. The van der Waals surface area contributed by atoms with Gasteiger partial charge in [-0.2, -0.15) is 0 Å². The minimum absolute atomic E-state index is 0.694. The molecule has 0 spiro atoms. The average molecular weight is 125 g/mol. The normalized spacial score (nSPS) is 9.89. The highest BCUT2D eigenvalue weighted by Gasteiger charge is 1.87. The molecule has 0 aliphatic heterocycles. The van der Waals surface area contributed by atoms with Gasteiger partial charge in [-0.05, 0) is 13.0 Å². The number of nitrogens with two attached hydrogens (primary N) is 1. The molecule has 4 heteroatoms. The van der Waals surface area contributed by atoms with Gasteiger partial charge in [0.15, 0.2) is 0 Å². The van der Waals surface area contributed by atoms with Gasteiger partial charge >= 0.3 is 0 Å². The molecule has 0 amide bonds. The number of aromatic nitrogens is 3. The van der Waals surface area contributed by atoms with E-state index in [1.165, 1.54) is 0 Å². The lowest BCUT2D eigenvalue weighted by Gasteiger charge is -1.94. The van der Waals surface area contributed by atoms with Crippen molar-refractivity contribution in [2.75, 3.05) is 6.54 Å². The highest BCUT2D eigenvalue weighted by molar-refractivity contribution is 4.60. The topological polar surface area (TPSA) is 56.7 Å². The van der Waals surface area contributed by atoms with Crippen LogP contribution in [0.4, 0.5) is 0 Å². The van der Waals surface area contributed by atoms with Crippen molar-refractivity contribution in [2.45, 2.75) is 13.0 Å². The maximum Gasteiger partial charge on any atom is 0.134 e. The Hall–Kier alpha value is -0.900. The Morgan fingerprint density at radius 2 is 2.56 bits per heavy atom. The fourth-order valence-corrected chi connectivity index (χ4v) is 0.564. The Balaban J connectivity index is 2.30. The van der Waals surface area contributed by atoms with Crippen LogP contribution in [0.5, 0.6) is 0 Å². The van der Waals surface area contributed by atoms with Crippen LogP contribution in [0.25, 0.3) is 0 Å². The molecule has 0 bridgehead atoms. The van der Waals surface area contributed by atoms with Crippen LogP contribution >= 0.6 is 0 Å². The summed E-state index contributed by atoms with van der Waals surface area (Å²) in [6.07, 6.45) is 5.25. The second-order valence-electron chi connectivity index (χ2n) is 1.75. The van der Waals surface area contributed by atoms with E-state index in [0.29, 0.717) is 6.54 Å². The first-order valence-electron chi connectivity index (χ1n) is 2.89. The maximum atomic E-state index is 5.27. The number of rotatable bonds is 3. The van der Waals surface area contributed by atoms with Crippen LogP contribution < -0.4 is 5.73 Å². The molecule has 0 aromatic carbocycles. The Morgan fingerprint density at radius 3 is 3.11 bits per heavy atom. The highest BCUT2D eigenvalue weighted by atomic mass is 15.4. The SMILES string of the molecule is NCCCn1c[c]nn1. The van der Waals surface area contributed by atoms with Gasteiger partial charge in [-0.1, -0.05) is 5.21 Å². The maximum absolute atomic E-state index is 5.27. The van der Waals surface area contributed by atoms with Crippen molar-refractivity contribution in [3.63, 3.8) is 0 Å². The lowest BCUT2D eigenvalue weighted by Crippen LogP contribution is -2.05. The molecule has 49 valence electrons. The molecular formula is C5H9N4. The van der Waals surface area contributed by atoms with Crippen molar-refractivity contribution in [3.8, 4) is 0 Å². The molecule has 0 aliphatic rings. The summed E-state index contributed by atoms with van der Waals surface area (Å²) in [4.78, 5) is 0. The fourth-order valence-electron chi connectivity index (χ4n) is 0.564. The molecule has 1 radical (unpaired) electrons. The summed E-state index contributed by atoms with van der Waals surface area (Å²) in [5.74, 6) is 0. The molecular weight excluding hydrogens is 116 g/mol. The van der Waals surface area contributed by atoms with Gasteiger partial charge in [0.05, 0.1) is 6.20 Å². The van der Waals surface area contributed by atoms with Gasteiger partial charge in [0.2, 0.25) is 0 Å². The molecule has 0 unspecified atom stereocenters. The molecule has 0 saturated heterocycles. The largest absolute Gasteiger partial charge is 0.330 e. The summed E-state index contributed by atoms with van der Waals surface area (Å²) in [5.41, 5.74) is 5.27. The minimum Gasteiger partial charge on any atom is -0.330 e. The molecule has 4 nitrogen and oxygen atoms in total. The van der Waals surface area contributed by atoms with E-state index >= 15 is 0 Å². The smallest absolute Gasteiger partial charge is 0.134 e. The van der Waals surface area contributed by atoms with E-state index in [1.54, 1.807) is 10.9 Å². The molecule has 0 atom stereocenters. The minimum atomic E-state index is 0.694. The third-order valence-corrected chi connectivity index (χ3v) is 1.02. The van der Waals surface area contributed by atoms with Crippen molar-refractivity contribution in [2.24, 2.45) is 5.73 Å². The van der Waals surface area contributed by atoms with E-state index in [2.05, 4.69) is 16.5 Å². The van der Waals surface area contributed by atoms with Crippen molar-refractivity contribution < 1.29 is 0 Å². The van der Waals surface area contributed by atoms with Crippen LogP contribution in [-0.4, -0.2) is 21.5 Å². The summed E-state index contributed by atoms with van der Waals surface area (Å²) in [6.45, 7) is 1.53. The first kappa shape index (κ1) is 6.22. The first-order valence-corrected chi connectivity index (χ1v) is 2.89. The van der Waals surface area contributed by atoms with Crippen molar-refractivity contribution in [1.82, 2.24) is 15.0 Å². The van der Waals surface area contributed by atoms with E-state index in [1.807, 2.05) is 0 Å².